The number of aromatic nitrogens is 1. The van der Waals surface area contributed by atoms with E-state index in [9.17, 15) is 13.6 Å². The molecule has 2 aromatic carbocycles. The number of halogens is 4. The van der Waals surface area contributed by atoms with Crippen molar-refractivity contribution in [1.29, 1.82) is 0 Å². The predicted octanol–water partition coefficient (Wildman–Crippen LogP) is 6.85. The lowest BCUT2D eigenvalue weighted by Crippen LogP contribution is -2.49. The van der Waals surface area contributed by atoms with Crippen molar-refractivity contribution >= 4 is 58.1 Å². The lowest BCUT2D eigenvalue weighted by atomic mass is 10.1. The fourth-order valence-corrected chi connectivity index (χ4v) is 7.18. The van der Waals surface area contributed by atoms with E-state index in [0.717, 1.165) is 43.0 Å². The molecule has 6 nitrogen and oxygen atoms in total. The van der Waals surface area contributed by atoms with Crippen LogP contribution in [0.3, 0.4) is 0 Å². The molecule has 3 aliphatic heterocycles. The molecule has 2 unspecified atom stereocenters. The van der Waals surface area contributed by atoms with Crippen molar-refractivity contribution in [2.45, 2.75) is 54.9 Å². The number of nitrogens with one attached hydrogen (secondary N) is 1. The van der Waals surface area contributed by atoms with Gasteiger partial charge < -0.3 is 10.2 Å². The summed E-state index contributed by atoms with van der Waals surface area (Å²) in [5, 5.41) is 4.11. The Bertz CT molecular complexity index is 1420. The summed E-state index contributed by atoms with van der Waals surface area (Å²) >= 11 is 14.2. The predicted molar refractivity (Wildman–Crippen MR) is 147 cm³/mol. The first-order valence-electron chi connectivity index (χ1n) is 12.4. The molecule has 2 bridgehead atoms. The summed E-state index contributed by atoms with van der Waals surface area (Å²) in [5.74, 6) is -1.28. The van der Waals surface area contributed by atoms with Crippen LogP contribution in [0.25, 0.3) is 0 Å². The first-order chi connectivity index (χ1) is 18.2. The maximum Gasteiger partial charge on any atom is 0.326 e. The fourth-order valence-electron chi connectivity index (χ4n) is 5.68. The van der Waals surface area contributed by atoms with Gasteiger partial charge in [0.15, 0.2) is 0 Å². The highest BCUT2D eigenvalue weighted by atomic mass is 35.5. The van der Waals surface area contributed by atoms with Crippen LogP contribution in [0, 0.1) is 11.6 Å². The third-order valence-corrected chi connectivity index (χ3v) is 9.05. The first-order valence-corrected chi connectivity index (χ1v) is 14.0. The van der Waals surface area contributed by atoms with Gasteiger partial charge in [0, 0.05) is 42.2 Å². The third-order valence-electron chi connectivity index (χ3n) is 7.39. The molecule has 6 rings (SSSR count). The van der Waals surface area contributed by atoms with E-state index in [2.05, 4.69) is 29.0 Å². The lowest BCUT2D eigenvalue weighted by molar-refractivity contribution is 0.191. The molecule has 0 aliphatic carbocycles. The number of benzene rings is 2. The van der Waals surface area contributed by atoms with Crippen LogP contribution < -0.4 is 15.1 Å². The summed E-state index contributed by atoms with van der Waals surface area (Å²) in [6.07, 6.45) is 1.02. The zero-order valence-electron chi connectivity index (χ0n) is 20.7. The Hall–Kier alpha value is -2.59. The fraction of sp³-hybridized carbons (Fsp3) is 0.333. The summed E-state index contributed by atoms with van der Waals surface area (Å²) in [6, 6.07) is 11.3. The maximum atomic E-state index is 14.7. The molecule has 198 valence electrons. The molecule has 2 saturated heterocycles. The Balaban J connectivity index is 1.48. The molecule has 2 fully saturated rings. The quantitative estimate of drug-likeness (QED) is 0.360. The molecular weight excluding hydrogens is 551 g/mol. The Kier molecular flexibility index (Phi) is 6.66. The minimum absolute atomic E-state index is 0.194. The monoisotopic (exact) mass is 575 g/mol. The molecule has 3 aliphatic rings. The summed E-state index contributed by atoms with van der Waals surface area (Å²) in [7, 11) is 0. The van der Waals surface area contributed by atoms with Gasteiger partial charge in [0.25, 0.3) is 0 Å². The van der Waals surface area contributed by atoms with Gasteiger partial charge in [0.05, 0.1) is 39.3 Å². The van der Waals surface area contributed by atoms with Crippen LogP contribution in [-0.4, -0.2) is 47.1 Å². The van der Waals surface area contributed by atoms with E-state index in [-0.39, 0.29) is 23.5 Å². The zero-order chi connectivity index (χ0) is 26.7. The number of anilines is 3. The van der Waals surface area contributed by atoms with Crippen LogP contribution in [0.4, 0.5) is 30.6 Å². The lowest BCUT2D eigenvalue weighted by Gasteiger charge is -2.39. The van der Waals surface area contributed by atoms with Crippen LogP contribution in [0.5, 0.6) is 0 Å². The molecule has 0 spiro atoms. The second-order valence-corrected chi connectivity index (χ2v) is 11.9. The van der Waals surface area contributed by atoms with Crippen LogP contribution in [-0.2, 0) is 6.54 Å². The number of fused-ring (bicyclic) bond motifs is 3. The number of carbonyl (C=O) groups is 1. The molecule has 0 saturated carbocycles. The van der Waals surface area contributed by atoms with Crippen LogP contribution >= 0.6 is 35.0 Å². The molecule has 4 heterocycles. The molecular formula is C27H25Cl2F2N5OS. The Morgan fingerprint density at radius 3 is 2.47 bits per heavy atom. The van der Waals surface area contributed by atoms with Crippen molar-refractivity contribution in [3.63, 3.8) is 0 Å². The maximum absolute atomic E-state index is 14.7. The smallest absolute Gasteiger partial charge is 0.326 e. The molecule has 2 atom stereocenters. The topological polar surface area (TPSA) is 51.7 Å². The first kappa shape index (κ1) is 25.7. The zero-order valence-corrected chi connectivity index (χ0v) is 23.0. The highest BCUT2D eigenvalue weighted by Crippen LogP contribution is 2.47. The minimum Gasteiger partial charge on any atom is -0.363 e. The van der Waals surface area contributed by atoms with Gasteiger partial charge in [-0.1, -0.05) is 41.0 Å². The summed E-state index contributed by atoms with van der Waals surface area (Å²) in [5.41, 5.74) is 2.35. The number of nitrogens with zero attached hydrogens (tertiary/aromatic N) is 4. The molecule has 38 heavy (non-hydrogen) atoms. The number of rotatable bonds is 5. The van der Waals surface area contributed by atoms with Gasteiger partial charge in [0.2, 0.25) is 0 Å². The Labute approximate surface area is 233 Å². The molecule has 1 aromatic heterocycles. The van der Waals surface area contributed by atoms with Crippen molar-refractivity contribution < 1.29 is 13.6 Å². The number of para-hydroxylation sites is 1. The van der Waals surface area contributed by atoms with E-state index in [4.69, 9.17) is 28.2 Å². The average Bonchev–Trinajstić information content (AvgIpc) is 3.48. The van der Waals surface area contributed by atoms with Gasteiger partial charge in [-0.15, -0.1) is 0 Å². The molecule has 1 N–H and O–H groups in total. The van der Waals surface area contributed by atoms with Crippen molar-refractivity contribution in [2.24, 2.45) is 0 Å². The van der Waals surface area contributed by atoms with Crippen molar-refractivity contribution in [3.05, 3.63) is 69.8 Å². The largest absolute Gasteiger partial charge is 0.363 e. The Morgan fingerprint density at radius 1 is 1.05 bits per heavy atom. The Morgan fingerprint density at radius 2 is 1.82 bits per heavy atom. The van der Waals surface area contributed by atoms with Crippen molar-refractivity contribution in [2.75, 3.05) is 22.9 Å². The number of hydrogen-bond acceptors (Lipinski definition) is 5. The van der Waals surface area contributed by atoms with E-state index in [1.54, 1.807) is 18.2 Å². The SMILES string of the molecule is CC(C)N1CC2CC1CN2c1cc2c(nc1Sc1ccc(F)cc1F)CNC(=O)N2c1c(Cl)cccc1Cl. The molecule has 2 amide bonds. The molecule has 0 radical (unpaired) electrons. The van der Waals surface area contributed by atoms with E-state index in [1.165, 1.54) is 17.0 Å². The number of hydrogen-bond donors (Lipinski definition) is 1. The van der Waals surface area contributed by atoms with Gasteiger partial charge in [-0.25, -0.2) is 18.6 Å². The molecule has 11 heteroatoms. The van der Waals surface area contributed by atoms with Crippen LogP contribution in [0.1, 0.15) is 26.0 Å². The van der Waals surface area contributed by atoms with E-state index < -0.39 is 11.6 Å². The van der Waals surface area contributed by atoms with Gasteiger partial charge in [-0.05, 0) is 50.6 Å². The van der Waals surface area contributed by atoms with E-state index in [1.807, 2.05) is 6.07 Å². The standard InChI is InChI=1S/C27H25Cl2F2N5OS/c1-14(2)34-12-17-9-16(34)13-35(17)23-10-22-21(33-26(23)38-24-7-6-15(30)8-20(24)31)11-32-27(37)36(22)25-18(28)4-3-5-19(25)29/h3-8,10,14,16-17H,9,11-13H2,1-2H3,(H,32,37). The van der Waals surface area contributed by atoms with Crippen LogP contribution in [0.15, 0.2) is 52.4 Å². The molecule has 3 aromatic rings. The minimum atomic E-state index is -0.646. The number of likely N-dealkylation sites (tertiary alicyclic amines) is 1. The van der Waals surface area contributed by atoms with Gasteiger partial charge in [-0.3, -0.25) is 9.80 Å². The van der Waals surface area contributed by atoms with Crippen molar-refractivity contribution in [3.8, 4) is 0 Å². The van der Waals surface area contributed by atoms with Crippen molar-refractivity contribution in [1.82, 2.24) is 15.2 Å². The van der Waals surface area contributed by atoms with Gasteiger partial charge in [-0.2, -0.15) is 0 Å². The summed E-state index contributed by atoms with van der Waals surface area (Å²) in [4.78, 5) is 24.6. The van der Waals surface area contributed by atoms with Crippen LogP contribution in [0.2, 0.25) is 10.0 Å². The number of carbonyl (C=O) groups excluding carboxylic acids is 1. The number of piperazine rings is 1. The van der Waals surface area contributed by atoms with Gasteiger partial charge >= 0.3 is 6.03 Å². The number of pyridine rings is 1. The second-order valence-electron chi connectivity index (χ2n) is 10.0. The number of amides is 2. The second kappa shape index (κ2) is 9.86. The van der Waals surface area contributed by atoms with Gasteiger partial charge in [0.1, 0.15) is 16.7 Å². The normalized spacial score (nSPS) is 20.9. The third kappa shape index (κ3) is 4.39. The van der Waals surface area contributed by atoms with E-state index in [0.29, 0.717) is 44.2 Å². The number of urea groups is 1. The summed E-state index contributed by atoms with van der Waals surface area (Å²) in [6.45, 7) is 6.30. The highest BCUT2D eigenvalue weighted by molar-refractivity contribution is 7.99. The summed E-state index contributed by atoms with van der Waals surface area (Å²) < 4.78 is 28.3. The van der Waals surface area contributed by atoms with E-state index >= 15 is 0 Å². The highest BCUT2D eigenvalue weighted by Gasteiger charge is 2.45. The average molecular weight is 577 g/mol.